The zero-order chi connectivity index (χ0) is 24.1. The van der Waals surface area contributed by atoms with Crippen LogP contribution in [0.1, 0.15) is 46.3 Å². The van der Waals surface area contributed by atoms with Crippen LogP contribution in [0.5, 0.6) is 11.5 Å². The molecule has 2 aliphatic rings. The molecule has 2 heterocycles. The summed E-state index contributed by atoms with van der Waals surface area (Å²) >= 11 is 0. The molecule has 1 aliphatic heterocycles. The molecular formula is C27H34N2O5. The lowest BCUT2D eigenvalue weighted by Crippen LogP contribution is -2.27. The molecule has 1 saturated carbocycles. The topological polar surface area (TPSA) is 82.0 Å². The largest absolute Gasteiger partial charge is 0.454 e. The van der Waals surface area contributed by atoms with Gasteiger partial charge in [0.1, 0.15) is 0 Å². The number of carbonyl (C=O) groups excluding carboxylic acids is 1. The normalized spacial score (nSPS) is 17.1. The Kier molecular flexibility index (Phi) is 5.57. The molecule has 182 valence electrons. The number of rotatable bonds is 7. The average molecular weight is 467 g/mol. The summed E-state index contributed by atoms with van der Waals surface area (Å²) in [5.41, 5.74) is 3.24. The summed E-state index contributed by atoms with van der Waals surface area (Å²) in [5.74, 6) is 1.42. The zero-order valence-corrected chi connectivity index (χ0v) is 20.2. The number of aromatic nitrogens is 1. The van der Waals surface area contributed by atoms with E-state index in [0.29, 0.717) is 12.3 Å². The summed E-state index contributed by atoms with van der Waals surface area (Å²) in [6.45, 7) is 7.42. The standard InChI is InChI=1S/C27H32N2O5.H2/c1-26(2,3)24-12-17-11-19(6-7-21(17)29(24)14-20(30)15-32-4)28-25(31)27(9-10-27)18-5-8-22-23(13-18)34-16-33-22;/h5-8,11-13,20,30H,9-10,14-16H2,1-4H3,(H,28,31);1H/t20-;/m0./s1. The van der Waals surface area contributed by atoms with Crippen LogP contribution in [0.3, 0.4) is 0 Å². The Balaban J connectivity index is 0.00000289. The number of fused-ring (bicyclic) bond motifs is 2. The van der Waals surface area contributed by atoms with Crippen molar-refractivity contribution >= 4 is 22.5 Å². The zero-order valence-electron chi connectivity index (χ0n) is 20.2. The molecule has 1 amide bonds. The second-order valence-corrected chi connectivity index (χ2v) is 10.4. The molecular weight excluding hydrogens is 432 g/mol. The number of benzene rings is 2. The Morgan fingerprint density at radius 2 is 1.94 bits per heavy atom. The van der Waals surface area contributed by atoms with Crippen molar-refractivity contribution in [2.45, 2.75) is 57.1 Å². The van der Waals surface area contributed by atoms with Crippen LogP contribution in [0, 0.1) is 0 Å². The number of nitrogens with zero attached hydrogens (tertiary/aromatic N) is 1. The van der Waals surface area contributed by atoms with Crippen LogP contribution in [0.2, 0.25) is 0 Å². The van der Waals surface area contributed by atoms with Gasteiger partial charge in [0, 0.05) is 36.2 Å². The average Bonchev–Trinajstić information content (AvgIpc) is 3.33. The minimum atomic E-state index is -0.600. The maximum atomic E-state index is 13.3. The van der Waals surface area contributed by atoms with Crippen LogP contribution in [0.15, 0.2) is 42.5 Å². The summed E-state index contributed by atoms with van der Waals surface area (Å²) in [4.78, 5) is 13.3. The van der Waals surface area contributed by atoms with Crippen molar-refractivity contribution in [3.63, 3.8) is 0 Å². The highest BCUT2D eigenvalue weighted by Crippen LogP contribution is 2.51. The van der Waals surface area contributed by atoms with E-state index in [9.17, 15) is 9.90 Å². The monoisotopic (exact) mass is 466 g/mol. The highest BCUT2D eigenvalue weighted by molar-refractivity contribution is 6.02. The van der Waals surface area contributed by atoms with Crippen LogP contribution in [0.4, 0.5) is 5.69 Å². The molecule has 7 nitrogen and oxygen atoms in total. The fraction of sp³-hybridized carbons (Fsp3) is 0.444. The number of hydrogen-bond donors (Lipinski definition) is 2. The quantitative estimate of drug-likeness (QED) is 0.532. The Morgan fingerprint density at radius 3 is 2.65 bits per heavy atom. The van der Waals surface area contributed by atoms with Crippen molar-refractivity contribution in [3.8, 4) is 11.5 Å². The third-order valence-electron chi connectivity index (χ3n) is 6.79. The lowest BCUT2D eigenvalue weighted by Gasteiger charge is -2.23. The molecule has 0 bridgehead atoms. The number of ether oxygens (including phenoxy) is 3. The molecule has 0 radical (unpaired) electrons. The van der Waals surface area contributed by atoms with Crippen LogP contribution < -0.4 is 14.8 Å². The van der Waals surface area contributed by atoms with E-state index in [2.05, 4.69) is 36.7 Å². The van der Waals surface area contributed by atoms with Crippen LogP contribution in [-0.2, 0) is 26.9 Å². The number of amides is 1. The minimum Gasteiger partial charge on any atom is -0.454 e. The number of nitrogens with one attached hydrogen (secondary N) is 1. The highest BCUT2D eigenvalue weighted by Gasteiger charge is 2.51. The van der Waals surface area contributed by atoms with Crippen LogP contribution in [-0.4, -0.2) is 42.2 Å². The maximum Gasteiger partial charge on any atom is 0.235 e. The van der Waals surface area contributed by atoms with Crippen LogP contribution >= 0.6 is 0 Å². The molecule has 3 aromatic rings. The van der Waals surface area contributed by atoms with E-state index in [-0.39, 0.29) is 26.1 Å². The first-order valence-electron chi connectivity index (χ1n) is 11.7. The van der Waals surface area contributed by atoms with E-state index < -0.39 is 11.5 Å². The molecule has 0 unspecified atom stereocenters. The van der Waals surface area contributed by atoms with E-state index in [1.165, 1.54) is 0 Å². The summed E-state index contributed by atoms with van der Waals surface area (Å²) in [6.07, 6.45) is 1.02. The molecule has 2 N–H and O–H groups in total. The third-order valence-corrected chi connectivity index (χ3v) is 6.79. The lowest BCUT2D eigenvalue weighted by atomic mass is 9.92. The molecule has 1 atom stereocenters. The van der Waals surface area contributed by atoms with Crippen LogP contribution in [0.25, 0.3) is 10.9 Å². The van der Waals surface area contributed by atoms with Gasteiger partial charge in [-0.15, -0.1) is 0 Å². The molecule has 7 heteroatoms. The molecule has 5 rings (SSSR count). The number of methoxy groups -OCH3 is 1. The van der Waals surface area contributed by atoms with Crippen molar-refractivity contribution in [3.05, 3.63) is 53.7 Å². The van der Waals surface area contributed by atoms with E-state index >= 15 is 0 Å². The van der Waals surface area contributed by atoms with Gasteiger partial charge in [0.05, 0.1) is 24.7 Å². The van der Waals surface area contributed by atoms with E-state index in [1.807, 2.05) is 36.4 Å². The number of aliphatic hydroxyl groups is 1. The van der Waals surface area contributed by atoms with Gasteiger partial charge in [-0.25, -0.2) is 0 Å². The highest BCUT2D eigenvalue weighted by atomic mass is 16.7. The Morgan fingerprint density at radius 1 is 1.18 bits per heavy atom. The Labute approximate surface area is 201 Å². The first-order valence-corrected chi connectivity index (χ1v) is 11.7. The fourth-order valence-electron chi connectivity index (χ4n) is 4.84. The van der Waals surface area contributed by atoms with Crippen molar-refractivity contribution in [1.29, 1.82) is 0 Å². The van der Waals surface area contributed by atoms with Crippen molar-refractivity contribution < 1.29 is 25.5 Å². The summed E-state index contributed by atoms with van der Waals surface area (Å²) in [6, 6.07) is 13.9. The Hall–Kier alpha value is -3.03. The molecule has 1 aromatic heterocycles. The van der Waals surface area contributed by atoms with Gasteiger partial charge in [0.15, 0.2) is 11.5 Å². The van der Waals surface area contributed by atoms with E-state index in [1.54, 1.807) is 7.11 Å². The van der Waals surface area contributed by atoms with E-state index in [4.69, 9.17) is 14.2 Å². The van der Waals surface area contributed by atoms with Crippen molar-refractivity contribution in [2.75, 3.05) is 25.8 Å². The number of hydrogen-bond acceptors (Lipinski definition) is 5. The van der Waals surface area contributed by atoms with Gasteiger partial charge in [-0.2, -0.15) is 0 Å². The molecule has 0 spiro atoms. The maximum absolute atomic E-state index is 13.3. The summed E-state index contributed by atoms with van der Waals surface area (Å²) in [7, 11) is 1.59. The predicted octanol–water partition coefficient (Wildman–Crippen LogP) is 4.59. The predicted molar refractivity (Wildman–Crippen MR) is 133 cm³/mol. The van der Waals surface area contributed by atoms with Crippen molar-refractivity contribution in [2.24, 2.45) is 0 Å². The molecule has 34 heavy (non-hydrogen) atoms. The number of anilines is 1. The number of aliphatic hydroxyl groups excluding tert-OH is 1. The Bertz CT molecular complexity index is 1240. The summed E-state index contributed by atoms with van der Waals surface area (Å²) < 4.78 is 18.2. The lowest BCUT2D eigenvalue weighted by molar-refractivity contribution is -0.118. The summed E-state index contributed by atoms with van der Waals surface area (Å²) in [5, 5.41) is 14.6. The van der Waals surface area contributed by atoms with Gasteiger partial charge in [-0.05, 0) is 54.8 Å². The van der Waals surface area contributed by atoms with Gasteiger partial charge in [-0.1, -0.05) is 26.8 Å². The molecule has 1 aliphatic carbocycles. The second-order valence-electron chi connectivity index (χ2n) is 10.4. The first kappa shape index (κ1) is 22.7. The smallest absolute Gasteiger partial charge is 0.235 e. The van der Waals surface area contributed by atoms with Gasteiger partial charge < -0.3 is 29.2 Å². The minimum absolute atomic E-state index is 0. The third kappa shape index (κ3) is 4.03. The first-order chi connectivity index (χ1) is 16.2. The van der Waals surface area contributed by atoms with Gasteiger partial charge >= 0.3 is 0 Å². The second kappa shape index (κ2) is 8.32. The van der Waals surface area contributed by atoms with E-state index in [0.717, 1.165) is 46.4 Å². The fourth-order valence-corrected chi connectivity index (χ4v) is 4.84. The van der Waals surface area contributed by atoms with Crippen molar-refractivity contribution in [1.82, 2.24) is 4.57 Å². The molecule has 0 saturated heterocycles. The van der Waals surface area contributed by atoms with Gasteiger partial charge in [0.25, 0.3) is 0 Å². The van der Waals surface area contributed by atoms with Gasteiger partial charge in [0.2, 0.25) is 12.7 Å². The number of carbonyl (C=O) groups is 1. The SMILES string of the molecule is COC[C@@H](O)Cn1c(C(C)(C)C)cc2cc(NC(=O)C3(c4ccc5c(c4)OCO5)CC3)ccc21.[HH]. The molecule has 2 aromatic carbocycles. The van der Waals surface area contributed by atoms with Gasteiger partial charge in [-0.3, -0.25) is 4.79 Å². The molecule has 1 fully saturated rings.